The van der Waals surface area contributed by atoms with Crippen molar-refractivity contribution in [3.8, 4) is 5.88 Å². The first-order valence-electron chi connectivity index (χ1n) is 4.90. The van der Waals surface area contributed by atoms with Gasteiger partial charge in [0.1, 0.15) is 10.6 Å². The molecule has 0 saturated heterocycles. The number of nitrogens with one attached hydrogen (secondary N) is 1. The summed E-state index contributed by atoms with van der Waals surface area (Å²) < 4.78 is 5.60. The molecule has 0 spiro atoms. The quantitative estimate of drug-likeness (QED) is 0.864. The molecule has 1 aromatic heterocycles. The zero-order valence-corrected chi connectivity index (χ0v) is 10.4. The second-order valence-corrected chi connectivity index (χ2v) is 4.78. The van der Waals surface area contributed by atoms with Gasteiger partial charge in [0, 0.05) is 12.7 Å². The highest BCUT2D eigenvalue weighted by atomic mass is 35.5. The van der Waals surface area contributed by atoms with Crippen LogP contribution in [0.1, 0.15) is 26.3 Å². The summed E-state index contributed by atoms with van der Waals surface area (Å²) in [6, 6.07) is 1.87. The minimum absolute atomic E-state index is 0.277. The van der Waals surface area contributed by atoms with Crippen molar-refractivity contribution in [2.45, 2.75) is 32.9 Å². The van der Waals surface area contributed by atoms with Crippen LogP contribution in [0.25, 0.3) is 0 Å². The van der Waals surface area contributed by atoms with E-state index in [0.29, 0.717) is 10.9 Å². The average molecular weight is 229 g/mol. The summed E-state index contributed by atoms with van der Waals surface area (Å²) in [6.45, 7) is 6.65. The molecule has 0 aliphatic carbocycles. The van der Waals surface area contributed by atoms with E-state index in [2.05, 4.69) is 10.3 Å². The molecular weight excluding hydrogens is 212 g/mol. The fraction of sp³-hybridized carbons (Fsp3) is 0.545. The van der Waals surface area contributed by atoms with Crippen LogP contribution in [-0.2, 0) is 6.54 Å². The maximum atomic E-state index is 6.06. The lowest BCUT2D eigenvalue weighted by Crippen LogP contribution is -2.23. The highest BCUT2D eigenvalue weighted by molar-refractivity contribution is 6.31. The van der Waals surface area contributed by atoms with Crippen molar-refractivity contribution in [1.29, 1.82) is 0 Å². The molecule has 84 valence electrons. The first-order valence-corrected chi connectivity index (χ1v) is 5.28. The summed E-state index contributed by atoms with van der Waals surface area (Å²) in [5.74, 6) is 0.490. The number of hydrogen-bond donors (Lipinski definition) is 1. The standard InChI is InChI=1S/C11H17ClN2O/c1-11(2,3)15-10-9(12)5-8(6-13-4)7-14-10/h5,7,13H,6H2,1-4H3. The van der Waals surface area contributed by atoms with Crippen molar-refractivity contribution in [3.05, 3.63) is 22.8 Å². The van der Waals surface area contributed by atoms with E-state index in [1.54, 1.807) is 6.20 Å². The molecule has 0 aliphatic heterocycles. The molecule has 0 aliphatic rings. The molecule has 0 amide bonds. The Morgan fingerprint density at radius 1 is 1.47 bits per heavy atom. The number of nitrogens with zero attached hydrogens (tertiary/aromatic N) is 1. The zero-order valence-electron chi connectivity index (χ0n) is 9.60. The van der Waals surface area contributed by atoms with E-state index in [-0.39, 0.29) is 5.60 Å². The molecule has 1 heterocycles. The molecule has 3 nitrogen and oxygen atoms in total. The summed E-state index contributed by atoms with van der Waals surface area (Å²) in [4.78, 5) is 4.19. The third kappa shape index (κ3) is 4.06. The fourth-order valence-corrected chi connectivity index (χ4v) is 1.36. The molecule has 1 N–H and O–H groups in total. The second kappa shape index (κ2) is 4.81. The number of ether oxygens (including phenoxy) is 1. The van der Waals surface area contributed by atoms with Crippen LogP contribution in [-0.4, -0.2) is 17.6 Å². The van der Waals surface area contributed by atoms with E-state index in [1.807, 2.05) is 33.9 Å². The van der Waals surface area contributed by atoms with Gasteiger partial charge in [-0.15, -0.1) is 0 Å². The van der Waals surface area contributed by atoms with Gasteiger partial charge in [-0.25, -0.2) is 4.98 Å². The lowest BCUT2D eigenvalue weighted by Gasteiger charge is -2.21. The predicted molar refractivity (Wildman–Crippen MR) is 62.4 cm³/mol. The first-order chi connectivity index (χ1) is 6.92. The minimum atomic E-state index is -0.277. The molecule has 0 atom stereocenters. The molecule has 0 aromatic carbocycles. The van der Waals surface area contributed by atoms with Crippen molar-refractivity contribution < 1.29 is 4.74 Å². The van der Waals surface area contributed by atoms with Gasteiger partial charge in [0.2, 0.25) is 5.88 Å². The van der Waals surface area contributed by atoms with Gasteiger partial charge >= 0.3 is 0 Å². The van der Waals surface area contributed by atoms with Gasteiger partial charge in [-0.05, 0) is 39.4 Å². The summed E-state index contributed by atoms with van der Waals surface area (Å²) in [7, 11) is 1.88. The Morgan fingerprint density at radius 3 is 2.60 bits per heavy atom. The Morgan fingerprint density at radius 2 is 2.13 bits per heavy atom. The largest absolute Gasteiger partial charge is 0.471 e. The lowest BCUT2D eigenvalue weighted by atomic mass is 10.2. The Hall–Kier alpha value is -0.800. The van der Waals surface area contributed by atoms with E-state index in [1.165, 1.54) is 0 Å². The van der Waals surface area contributed by atoms with Crippen LogP contribution in [0, 0.1) is 0 Å². The van der Waals surface area contributed by atoms with Crippen LogP contribution in [0.4, 0.5) is 0 Å². The monoisotopic (exact) mass is 228 g/mol. The number of halogens is 1. The van der Waals surface area contributed by atoms with Crippen molar-refractivity contribution in [2.24, 2.45) is 0 Å². The Balaban J connectivity index is 2.84. The molecule has 0 bridgehead atoms. The predicted octanol–water partition coefficient (Wildman–Crippen LogP) is 2.63. The van der Waals surface area contributed by atoms with Crippen LogP contribution in [0.5, 0.6) is 5.88 Å². The first kappa shape index (κ1) is 12.3. The second-order valence-electron chi connectivity index (χ2n) is 4.38. The van der Waals surface area contributed by atoms with E-state index in [9.17, 15) is 0 Å². The number of aromatic nitrogens is 1. The topological polar surface area (TPSA) is 34.2 Å². The minimum Gasteiger partial charge on any atom is -0.471 e. The summed E-state index contributed by atoms with van der Waals surface area (Å²) in [5.41, 5.74) is 0.769. The van der Waals surface area contributed by atoms with Crippen molar-refractivity contribution in [1.82, 2.24) is 10.3 Å². The molecule has 0 unspecified atom stereocenters. The molecule has 0 fully saturated rings. The van der Waals surface area contributed by atoms with Crippen molar-refractivity contribution in [2.75, 3.05) is 7.05 Å². The molecule has 0 saturated carbocycles. The zero-order chi connectivity index (χ0) is 11.5. The molecule has 4 heteroatoms. The lowest BCUT2D eigenvalue weighted by molar-refractivity contribution is 0.124. The van der Waals surface area contributed by atoms with E-state index in [0.717, 1.165) is 12.1 Å². The van der Waals surface area contributed by atoms with E-state index < -0.39 is 0 Å². The Bertz CT molecular complexity index is 334. The molecule has 0 radical (unpaired) electrons. The van der Waals surface area contributed by atoms with Gasteiger partial charge in [-0.2, -0.15) is 0 Å². The Labute approximate surface area is 95.8 Å². The number of hydrogen-bond acceptors (Lipinski definition) is 3. The van der Waals surface area contributed by atoms with E-state index >= 15 is 0 Å². The maximum absolute atomic E-state index is 6.06. The van der Waals surface area contributed by atoms with Crippen LogP contribution in [0.2, 0.25) is 5.02 Å². The van der Waals surface area contributed by atoms with Crippen molar-refractivity contribution >= 4 is 11.6 Å². The van der Waals surface area contributed by atoms with Gasteiger partial charge in [-0.1, -0.05) is 11.6 Å². The summed E-state index contributed by atoms with van der Waals surface area (Å²) in [5, 5.41) is 3.59. The third-order valence-electron chi connectivity index (χ3n) is 1.65. The van der Waals surface area contributed by atoms with Gasteiger partial charge in [-0.3, -0.25) is 0 Å². The van der Waals surface area contributed by atoms with Gasteiger partial charge in [0.25, 0.3) is 0 Å². The smallest absolute Gasteiger partial charge is 0.233 e. The maximum Gasteiger partial charge on any atom is 0.233 e. The summed E-state index contributed by atoms with van der Waals surface area (Å²) in [6.07, 6.45) is 1.77. The normalized spacial score (nSPS) is 11.5. The highest BCUT2D eigenvalue weighted by Crippen LogP contribution is 2.25. The van der Waals surface area contributed by atoms with Crippen LogP contribution >= 0.6 is 11.6 Å². The van der Waals surface area contributed by atoms with Crippen LogP contribution in [0.15, 0.2) is 12.3 Å². The number of rotatable bonds is 3. The molecule has 1 aromatic rings. The Kier molecular flexibility index (Phi) is 3.94. The molecule has 1 rings (SSSR count). The van der Waals surface area contributed by atoms with Gasteiger partial charge in [0.05, 0.1) is 0 Å². The molecule has 15 heavy (non-hydrogen) atoms. The SMILES string of the molecule is CNCc1cnc(OC(C)(C)C)c(Cl)c1. The van der Waals surface area contributed by atoms with E-state index in [4.69, 9.17) is 16.3 Å². The van der Waals surface area contributed by atoms with Crippen molar-refractivity contribution in [3.63, 3.8) is 0 Å². The number of pyridine rings is 1. The molecular formula is C11H17ClN2O. The highest BCUT2D eigenvalue weighted by Gasteiger charge is 2.15. The van der Waals surface area contributed by atoms with Crippen LogP contribution in [0.3, 0.4) is 0 Å². The van der Waals surface area contributed by atoms with Crippen LogP contribution < -0.4 is 10.1 Å². The van der Waals surface area contributed by atoms with Gasteiger partial charge in [0.15, 0.2) is 0 Å². The average Bonchev–Trinajstić information content (AvgIpc) is 2.08. The fourth-order valence-electron chi connectivity index (χ4n) is 1.13. The third-order valence-corrected chi connectivity index (χ3v) is 1.92. The van der Waals surface area contributed by atoms with Gasteiger partial charge < -0.3 is 10.1 Å². The summed E-state index contributed by atoms with van der Waals surface area (Å²) >= 11 is 6.06.